The maximum Gasteiger partial charge on any atom is 0.294 e. The molecule has 0 aliphatic carbocycles. The van der Waals surface area contributed by atoms with Gasteiger partial charge in [0.25, 0.3) is 5.19 Å². The van der Waals surface area contributed by atoms with Gasteiger partial charge in [-0.15, -0.1) is 5.10 Å². The van der Waals surface area contributed by atoms with Gasteiger partial charge in [0.2, 0.25) is 4.96 Å². The van der Waals surface area contributed by atoms with Crippen LogP contribution in [0.1, 0.15) is 16.7 Å². The highest BCUT2D eigenvalue weighted by atomic mass is 32.1. The predicted molar refractivity (Wildman–Crippen MR) is 147 cm³/mol. The van der Waals surface area contributed by atoms with Gasteiger partial charge in [-0.05, 0) is 52.2 Å². The van der Waals surface area contributed by atoms with Gasteiger partial charge in [0.15, 0.2) is 5.76 Å². The van der Waals surface area contributed by atoms with Crippen LogP contribution in [0.2, 0.25) is 0 Å². The zero-order chi connectivity index (χ0) is 26.1. The Labute approximate surface area is 222 Å². The summed E-state index contributed by atoms with van der Waals surface area (Å²) in [6.45, 7) is 4.62. The van der Waals surface area contributed by atoms with Gasteiger partial charge in [-0.3, -0.25) is 4.98 Å². The molecule has 0 aliphatic heterocycles. The van der Waals surface area contributed by atoms with Crippen molar-refractivity contribution >= 4 is 32.8 Å². The number of pyridine rings is 1. The van der Waals surface area contributed by atoms with Crippen molar-refractivity contribution in [3.63, 3.8) is 0 Å². The summed E-state index contributed by atoms with van der Waals surface area (Å²) >= 11 is 1.36. The van der Waals surface area contributed by atoms with Crippen LogP contribution < -0.4 is 14.2 Å². The average molecular weight is 525 g/mol. The van der Waals surface area contributed by atoms with Crippen molar-refractivity contribution in [1.29, 1.82) is 0 Å². The zero-order valence-electron chi connectivity index (χ0n) is 20.9. The van der Waals surface area contributed by atoms with E-state index in [0.717, 1.165) is 39.0 Å². The lowest BCUT2D eigenvalue weighted by atomic mass is 10.00. The molecule has 6 aromatic rings. The molecule has 190 valence electrons. The Bertz CT molecular complexity index is 1720. The highest BCUT2D eigenvalue weighted by Crippen LogP contribution is 2.37. The molecule has 2 aromatic carbocycles. The van der Waals surface area contributed by atoms with Gasteiger partial charge in [-0.2, -0.15) is 0 Å². The monoisotopic (exact) mass is 524 g/mol. The van der Waals surface area contributed by atoms with Crippen molar-refractivity contribution < 1.29 is 18.6 Å². The number of ether oxygens (including phenoxy) is 3. The fraction of sp³-hybridized carbons (Fsp3) is 0.138. The quantitative estimate of drug-likeness (QED) is 0.215. The summed E-state index contributed by atoms with van der Waals surface area (Å²) in [7, 11) is 3.21. The van der Waals surface area contributed by atoms with E-state index in [4.69, 9.17) is 18.6 Å². The number of hydrogen-bond donors (Lipinski definition) is 0. The van der Waals surface area contributed by atoms with E-state index in [1.165, 1.54) is 11.3 Å². The summed E-state index contributed by atoms with van der Waals surface area (Å²) in [6, 6.07) is 17.9. The minimum Gasteiger partial charge on any atom is -0.496 e. The largest absolute Gasteiger partial charge is 0.496 e. The summed E-state index contributed by atoms with van der Waals surface area (Å²) in [6.07, 6.45) is 6.15. The molecule has 0 amide bonds. The first-order chi connectivity index (χ1) is 18.6. The minimum atomic E-state index is 0.389. The number of imidazole rings is 1. The molecule has 8 nitrogen and oxygen atoms in total. The van der Waals surface area contributed by atoms with Crippen LogP contribution in [-0.4, -0.2) is 33.8 Å². The Hall–Kier alpha value is -4.63. The molecule has 4 heterocycles. The number of rotatable bonds is 9. The summed E-state index contributed by atoms with van der Waals surface area (Å²) in [5, 5.41) is 5.72. The molecular formula is C29H24N4O4S. The molecule has 0 spiro atoms. The van der Waals surface area contributed by atoms with Gasteiger partial charge in [0.05, 0.1) is 25.8 Å². The third-order valence-corrected chi connectivity index (χ3v) is 7.02. The van der Waals surface area contributed by atoms with Crippen LogP contribution in [0.25, 0.3) is 33.0 Å². The highest BCUT2D eigenvalue weighted by Gasteiger charge is 2.17. The molecule has 0 atom stereocenters. The first kappa shape index (κ1) is 23.7. The summed E-state index contributed by atoms with van der Waals surface area (Å²) in [5.41, 5.74) is 5.59. The number of furan rings is 1. The van der Waals surface area contributed by atoms with E-state index >= 15 is 0 Å². The van der Waals surface area contributed by atoms with Crippen molar-refractivity contribution in [3.8, 4) is 28.1 Å². The molecule has 0 saturated heterocycles. The second-order valence-corrected chi connectivity index (χ2v) is 9.62. The van der Waals surface area contributed by atoms with Crippen LogP contribution in [0.3, 0.4) is 0 Å². The van der Waals surface area contributed by atoms with Crippen molar-refractivity contribution in [2.24, 2.45) is 0 Å². The van der Waals surface area contributed by atoms with E-state index in [9.17, 15) is 0 Å². The van der Waals surface area contributed by atoms with Gasteiger partial charge in [0.1, 0.15) is 29.4 Å². The van der Waals surface area contributed by atoms with Gasteiger partial charge in [0, 0.05) is 24.5 Å². The maximum absolute atomic E-state index is 6.29. The number of methoxy groups -OCH3 is 2. The maximum atomic E-state index is 6.29. The molecule has 9 heteroatoms. The molecule has 4 aromatic heterocycles. The van der Waals surface area contributed by atoms with E-state index in [-0.39, 0.29) is 0 Å². The Morgan fingerprint density at radius 3 is 2.74 bits per heavy atom. The van der Waals surface area contributed by atoms with Crippen LogP contribution in [0, 0.1) is 0 Å². The highest BCUT2D eigenvalue weighted by molar-refractivity contribution is 7.18. The molecule has 0 aliphatic rings. The van der Waals surface area contributed by atoms with E-state index in [2.05, 4.69) is 33.8 Å². The summed E-state index contributed by atoms with van der Waals surface area (Å²) in [5.74, 6) is 1.93. The average Bonchev–Trinajstić information content (AvgIpc) is 3.65. The fourth-order valence-corrected chi connectivity index (χ4v) is 4.94. The normalized spacial score (nSPS) is 11.2. The molecular weight excluding hydrogens is 500 g/mol. The van der Waals surface area contributed by atoms with Gasteiger partial charge in [-0.1, -0.05) is 36.9 Å². The van der Waals surface area contributed by atoms with Crippen molar-refractivity contribution in [1.82, 2.24) is 19.6 Å². The molecule has 0 N–H and O–H groups in total. The Morgan fingerprint density at radius 1 is 1.05 bits per heavy atom. The van der Waals surface area contributed by atoms with Crippen LogP contribution in [-0.2, 0) is 13.0 Å². The Kier molecular flexibility index (Phi) is 6.27. The smallest absolute Gasteiger partial charge is 0.294 e. The van der Waals surface area contributed by atoms with Gasteiger partial charge >= 0.3 is 0 Å². The van der Waals surface area contributed by atoms with E-state index < -0.39 is 0 Å². The standard InChI is InChI=1S/C29H24N4O4S/c1-18(21-8-5-9-30-15-21)10-19-6-4-7-20(11-19)17-36-25-12-22(34-2)13-26-23(25)14-27(37-26)24-16-33-28(31-24)38-29(32-33)35-3/h4-9,11-16H,1,10,17H2,2-3H3. The second kappa shape index (κ2) is 10.0. The topological polar surface area (TPSA) is 83.9 Å². The number of hydrogen-bond acceptors (Lipinski definition) is 8. The van der Waals surface area contributed by atoms with Crippen LogP contribution in [0.15, 0.2) is 84.2 Å². The Balaban J connectivity index is 1.24. The third-order valence-electron chi connectivity index (χ3n) is 6.13. The number of aromatic nitrogens is 4. The third kappa shape index (κ3) is 4.71. The lowest BCUT2D eigenvalue weighted by molar-refractivity contribution is 0.307. The number of benzene rings is 2. The molecule has 0 fully saturated rings. The first-order valence-corrected chi connectivity index (χ1v) is 12.7. The predicted octanol–water partition coefficient (Wildman–Crippen LogP) is 6.45. The Morgan fingerprint density at radius 2 is 1.95 bits per heavy atom. The molecule has 0 saturated carbocycles. The number of allylic oxidation sites excluding steroid dienone is 1. The lowest BCUT2D eigenvalue weighted by Crippen LogP contribution is -1.98. The summed E-state index contributed by atoms with van der Waals surface area (Å²) in [4.78, 5) is 9.54. The number of nitrogens with zero attached hydrogens (tertiary/aromatic N) is 4. The first-order valence-electron chi connectivity index (χ1n) is 11.9. The molecule has 0 unspecified atom stereocenters. The van der Waals surface area contributed by atoms with Crippen LogP contribution in [0.4, 0.5) is 0 Å². The molecule has 38 heavy (non-hydrogen) atoms. The molecule has 0 radical (unpaired) electrons. The van der Waals surface area contributed by atoms with Crippen LogP contribution in [0.5, 0.6) is 16.7 Å². The lowest BCUT2D eigenvalue weighted by Gasteiger charge is -2.11. The SMILES string of the molecule is C=C(Cc1cccc(COc2cc(OC)cc3oc(-c4cn5nc(OC)sc5n4)cc23)c1)c1cccnc1. The summed E-state index contributed by atoms with van der Waals surface area (Å²) < 4.78 is 24.8. The fourth-order valence-electron chi connectivity index (χ4n) is 4.24. The van der Waals surface area contributed by atoms with Gasteiger partial charge in [-0.25, -0.2) is 9.50 Å². The van der Waals surface area contributed by atoms with Gasteiger partial charge < -0.3 is 18.6 Å². The van der Waals surface area contributed by atoms with E-state index in [1.54, 1.807) is 24.9 Å². The molecule has 6 rings (SSSR count). The van der Waals surface area contributed by atoms with E-state index in [1.807, 2.05) is 54.9 Å². The van der Waals surface area contributed by atoms with Crippen LogP contribution >= 0.6 is 11.3 Å². The van der Waals surface area contributed by atoms with Crippen molar-refractivity contribution in [2.45, 2.75) is 13.0 Å². The second-order valence-electron chi connectivity index (χ2n) is 8.70. The molecule has 0 bridgehead atoms. The van der Waals surface area contributed by atoms with Crippen molar-refractivity contribution in [2.75, 3.05) is 14.2 Å². The van der Waals surface area contributed by atoms with E-state index in [0.29, 0.717) is 40.3 Å². The van der Waals surface area contributed by atoms with Crippen molar-refractivity contribution in [3.05, 3.63) is 96.5 Å². The zero-order valence-corrected chi connectivity index (χ0v) is 21.7. The number of fused-ring (bicyclic) bond motifs is 2. The minimum absolute atomic E-state index is 0.389.